The minimum absolute atomic E-state index is 0.340. The number of nitrogens with one attached hydrogen (secondary N) is 1. The van der Waals surface area contributed by atoms with Crippen LogP contribution in [-0.2, 0) is 0 Å². The van der Waals surface area contributed by atoms with Gasteiger partial charge in [-0.25, -0.2) is 0 Å². The molecule has 0 aromatic rings. The summed E-state index contributed by atoms with van der Waals surface area (Å²) in [6.45, 7) is 1.54. The van der Waals surface area contributed by atoms with Gasteiger partial charge in [0.15, 0.2) is 5.96 Å². The number of hydrogen-bond acceptors (Lipinski definition) is 4. The molecule has 16 heavy (non-hydrogen) atoms. The fourth-order valence-electron chi connectivity index (χ4n) is 1.47. The Hall–Kier alpha value is -0.980. The Kier molecular flexibility index (Phi) is 4.40. The predicted molar refractivity (Wildman–Crippen MR) is 56.5 cm³/mol. The number of alkyl halides is 3. The van der Waals surface area contributed by atoms with Crippen LogP contribution in [0.2, 0.25) is 0 Å². The summed E-state index contributed by atoms with van der Waals surface area (Å²) in [6.07, 6.45) is -4.13. The highest BCUT2D eigenvalue weighted by atomic mass is 19.4. The van der Waals surface area contributed by atoms with Gasteiger partial charge in [0.05, 0.1) is 13.1 Å². The van der Waals surface area contributed by atoms with Gasteiger partial charge in [0.25, 0.3) is 0 Å². The van der Waals surface area contributed by atoms with E-state index < -0.39 is 12.7 Å². The van der Waals surface area contributed by atoms with Gasteiger partial charge in [0.2, 0.25) is 0 Å². The van der Waals surface area contributed by atoms with E-state index in [1.807, 2.05) is 11.9 Å². The molecule has 0 saturated heterocycles. The van der Waals surface area contributed by atoms with E-state index in [-0.39, 0.29) is 0 Å². The lowest BCUT2D eigenvalue weighted by atomic mass is 10.5. The summed E-state index contributed by atoms with van der Waals surface area (Å²) in [5.74, 6) is 0.764. The van der Waals surface area contributed by atoms with Crippen LogP contribution in [0, 0.1) is 0 Å². The minimum Gasteiger partial charge on any atom is -0.355 e. The second-order valence-corrected chi connectivity index (χ2v) is 3.91. The Morgan fingerprint density at radius 2 is 2.19 bits per heavy atom. The zero-order valence-corrected chi connectivity index (χ0v) is 9.51. The molecule has 1 rings (SSSR count). The third-order valence-electron chi connectivity index (χ3n) is 2.28. The molecule has 0 radical (unpaired) electrons. The SMILES string of the molecule is CN(CCNC1=NCCN1C)CC(F)(F)F. The average molecular weight is 238 g/mol. The third kappa shape index (κ3) is 4.69. The van der Waals surface area contributed by atoms with Crippen molar-refractivity contribution in [3.63, 3.8) is 0 Å². The first-order valence-corrected chi connectivity index (χ1v) is 5.13. The normalized spacial score (nSPS) is 16.9. The quantitative estimate of drug-likeness (QED) is 0.767. The van der Waals surface area contributed by atoms with Crippen LogP contribution in [0.1, 0.15) is 0 Å². The van der Waals surface area contributed by atoms with Gasteiger partial charge in [-0.3, -0.25) is 9.89 Å². The molecule has 0 atom stereocenters. The zero-order chi connectivity index (χ0) is 12.2. The van der Waals surface area contributed by atoms with E-state index in [1.165, 1.54) is 11.9 Å². The molecule has 4 nitrogen and oxygen atoms in total. The molecule has 0 aliphatic carbocycles. The first-order chi connectivity index (χ1) is 7.38. The molecule has 0 amide bonds. The van der Waals surface area contributed by atoms with Gasteiger partial charge in [-0.15, -0.1) is 0 Å². The number of aliphatic imine (C=N–C) groups is 1. The summed E-state index contributed by atoms with van der Waals surface area (Å²) in [5, 5.41) is 3.01. The Labute approximate surface area is 93.1 Å². The maximum atomic E-state index is 12.0. The summed E-state index contributed by atoms with van der Waals surface area (Å²) in [4.78, 5) is 7.37. The van der Waals surface area contributed by atoms with Crippen LogP contribution in [-0.4, -0.2) is 68.8 Å². The molecule has 1 aliphatic rings. The van der Waals surface area contributed by atoms with Gasteiger partial charge in [-0.1, -0.05) is 0 Å². The smallest absolute Gasteiger partial charge is 0.355 e. The van der Waals surface area contributed by atoms with Gasteiger partial charge in [-0.2, -0.15) is 13.2 Å². The highest BCUT2D eigenvalue weighted by molar-refractivity contribution is 5.81. The second-order valence-electron chi connectivity index (χ2n) is 3.91. The molecule has 7 heteroatoms. The molecular formula is C9H17F3N4. The number of rotatable bonds is 4. The summed E-state index contributed by atoms with van der Waals surface area (Å²) < 4.78 is 36.0. The molecular weight excluding hydrogens is 221 g/mol. The second kappa shape index (κ2) is 5.38. The molecule has 1 heterocycles. The maximum Gasteiger partial charge on any atom is 0.401 e. The summed E-state index contributed by atoms with van der Waals surface area (Å²) in [6, 6.07) is 0. The van der Waals surface area contributed by atoms with Gasteiger partial charge < -0.3 is 10.2 Å². The van der Waals surface area contributed by atoms with E-state index in [1.54, 1.807) is 0 Å². The average Bonchev–Trinajstić information content (AvgIpc) is 2.48. The van der Waals surface area contributed by atoms with E-state index in [4.69, 9.17) is 0 Å². The Bertz CT molecular complexity index is 252. The van der Waals surface area contributed by atoms with E-state index in [0.29, 0.717) is 13.1 Å². The van der Waals surface area contributed by atoms with Crippen molar-refractivity contribution in [1.29, 1.82) is 0 Å². The molecule has 0 spiro atoms. The Morgan fingerprint density at radius 1 is 1.50 bits per heavy atom. The van der Waals surface area contributed by atoms with Gasteiger partial charge in [0.1, 0.15) is 0 Å². The van der Waals surface area contributed by atoms with Crippen LogP contribution in [0.4, 0.5) is 13.2 Å². The van der Waals surface area contributed by atoms with Crippen LogP contribution in [0.25, 0.3) is 0 Å². The van der Waals surface area contributed by atoms with Crippen molar-refractivity contribution in [3.8, 4) is 0 Å². The molecule has 1 aliphatic heterocycles. The molecule has 94 valence electrons. The zero-order valence-electron chi connectivity index (χ0n) is 9.51. The van der Waals surface area contributed by atoms with E-state index in [9.17, 15) is 13.2 Å². The first kappa shape index (κ1) is 13.1. The standard InChI is InChI=1S/C9H17F3N4/c1-15(7-9(10,11)12)5-3-13-8-14-4-6-16(8)2/h3-7H2,1-2H3,(H,13,14). The third-order valence-corrected chi connectivity index (χ3v) is 2.28. The van der Waals surface area contributed by atoms with E-state index in [2.05, 4.69) is 10.3 Å². The summed E-state index contributed by atoms with van der Waals surface area (Å²) >= 11 is 0. The molecule has 0 aromatic heterocycles. The van der Waals surface area contributed by atoms with Gasteiger partial charge >= 0.3 is 6.18 Å². The number of likely N-dealkylation sites (N-methyl/N-ethyl adjacent to an activating group) is 2. The molecule has 0 unspecified atom stereocenters. The summed E-state index contributed by atoms with van der Waals surface area (Å²) in [5.41, 5.74) is 0. The molecule has 0 fully saturated rings. The molecule has 1 N–H and O–H groups in total. The van der Waals surface area contributed by atoms with E-state index in [0.717, 1.165) is 19.0 Å². The molecule has 0 saturated carbocycles. The topological polar surface area (TPSA) is 30.9 Å². The fourth-order valence-corrected chi connectivity index (χ4v) is 1.47. The summed E-state index contributed by atoms with van der Waals surface area (Å²) in [7, 11) is 3.35. The maximum absolute atomic E-state index is 12.0. The van der Waals surface area contributed by atoms with Crippen molar-refractivity contribution >= 4 is 5.96 Å². The monoisotopic (exact) mass is 238 g/mol. The lowest BCUT2D eigenvalue weighted by molar-refractivity contribution is -0.142. The lowest BCUT2D eigenvalue weighted by Crippen LogP contribution is -2.41. The Morgan fingerprint density at radius 3 is 2.69 bits per heavy atom. The largest absolute Gasteiger partial charge is 0.401 e. The number of guanidine groups is 1. The first-order valence-electron chi connectivity index (χ1n) is 5.13. The highest BCUT2D eigenvalue weighted by Gasteiger charge is 2.28. The van der Waals surface area contributed by atoms with Crippen molar-refractivity contribution in [2.24, 2.45) is 4.99 Å². The van der Waals surface area contributed by atoms with Crippen LogP contribution in [0.5, 0.6) is 0 Å². The fraction of sp³-hybridized carbons (Fsp3) is 0.889. The number of hydrogen-bond donors (Lipinski definition) is 1. The van der Waals surface area contributed by atoms with Crippen LogP contribution in [0.3, 0.4) is 0 Å². The minimum atomic E-state index is -4.13. The lowest BCUT2D eigenvalue weighted by Gasteiger charge is -2.20. The molecule has 0 aromatic carbocycles. The van der Waals surface area contributed by atoms with Crippen molar-refractivity contribution in [1.82, 2.24) is 15.1 Å². The van der Waals surface area contributed by atoms with Crippen molar-refractivity contribution in [2.75, 3.05) is 46.8 Å². The van der Waals surface area contributed by atoms with Crippen molar-refractivity contribution in [2.45, 2.75) is 6.18 Å². The van der Waals surface area contributed by atoms with E-state index >= 15 is 0 Å². The van der Waals surface area contributed by atoms with Crippen LogP contribution < -0.4 is 5.32 Å². The Balaban J connectivity index is 2.15. The van der Waals surface area contributed by atoms with Gasteiger partial charge in [-0.05, 0) is 7.05 Å². The number of halogens is 3. The van der Waals surface area contributed by atoms with Crippen LogP contribution >= 0.6 is 0 Å². The highest BCUT2D eigenvalue weighted by Crippen LogP contribution is 2.14. The van der Waals surface area contributed by atoms with Crippen LogP contribution in [0.15, 0.2) is 4.99 Å². The molecule has 0 bridgehead atoms. The van der Waals surface area contributed by atoms with Gasteiger partial charge in [0, 0.05) is 26.7 Å². The van der Waals surface area contributed by atoms with Crippen molar-refractivity contribution in [3.05, 3.63) is 0 Å². The van der Waals surface area contributed by atoms with Crippen molar-refractivity contribution < 1.29 is 13.2 Å². The number of nitrogens with zero attached hydrogens (tertiary/aromatic N) is 3. The predicted octanol–water partition coefficient (Wildman–Crippen LogP) is 0.371.